The lowest BCUT2D eigenvalue weighted by Gasteiger charge is -2.20. The molecule has 242 valence electrons. The van der Waals surface area contributed by atoms with E-state index in [-0.39, 0.29) is 0 Å². The van der Waals surface area contributed by atoms with Crippen molar-refractivity contribution in [2.24, 2.45) is 0 Å². The van der Waals surface area contributed by atoms with E-state index in [1.54, 1.807) is 0 Å². The molecule has 0 aliphatic carbocycles. The molecule has 0 atom stereocenters. The molecule has 10 aromatic rings. The topological polar surface area (TPSA) is 0 Å². The number of benzene rings is 10. The molecule has 0 heteroatoms. The monoisotopic (exact) mass is 692 g/mol. The van der Waals surface area contributed by atoms with Crippen molar-refractivity contribution in [2.75, 3.05) is 0 Å². The summed E-state index contributed by atoms with van der Waals surface area (Å²) in [6.07, 6.45) is 0. The third-order valence-electron chi connectivity index (χ3n) is 8.06. The van der Waals surface area contributed by atoms with Crippen LogP contribution in [0.1, 0.15) is 46.6 Å². The van der Waals surface area contributed by atoms with E-state index >= 15 is 0 Å². The van der Waals surface area contributed by atoms with Gasteiger partial charge < -0.3 is 0 Å². The smallest absolute Gasteiger partial charge is 0.0622 e. The first-order chi connectivity index (χ1) is 40.0. The minimum atomic E-state index is -1.24. The van der Waals surface area contributed by atoms with Crippen LogP contribution in [0.25, 0.3) is 98.7 Å². The van der Waals surface area contributed by atoms with E-state index in [4.69, 9.17) is 26.0 Å². The van der Waals surface area contributed by atoms with E-state index in [2.05, 4.69) is 0 Å². The molecule has 0 amide bonds. The van der Waals surface area contributed by atoms with Crippen molar-refractivity contribution in [3.8, 4) is 55.6 Å². The van der Waals surface area contributed by atoms with Gasteiger partial charge in [0.05, 0.1) is 46.6 Å². The first-order valence-corrected chi connectivity index (χ1v) is 15.2. The lowest BCUT2D eigenvalue weighted by molar-refractivity contribution is 1.58. The fraction of sp³-hybridized carbons (Fsp3) is 0. The second-order valence-corrected chi connectivity index (χ2v) is 11.0. The zero-order valence-electron chi connectivity index (χ0n) is 60.0. The van der Waals surface area contributed by atoms with Crippen LogP contribution in [-0.4, -0.2) is 0 Å². The van der Waals surface area contributed by atoms with Crippen LogP contribution >= 0.6 is 0 Å². The van der Waals surface area contributed by atoms with Gasteiger partial charge in [-0.3, -0.25) is 0 Å². The molecule has 0 aliphatic rings. The van der Waals surface area contributed by atoms with Gasteiger partial charge in [-0.25, -0.2) is 0 Å². The van der Waals surface area contributed by atoms with Crippen molar-refractivity contribution in [3.63, 3.8) is 0 Å². The number of fused-ring (bicyclic) bond motifs is 4. The number of rotatable bonds is 5. The Balaban J connectivity index is 1.53. The third-order valence-corrected chi connectivity index (χ3v) is 8.06. The molecule has 0 spiro atoms. The van der Waals surface area contributed by atoms with Crippen molar-refractivity contribution in [1.82, 2.24) is 0 Å². The summed E-state index contributed by atoms with van der Waals surface area (Å²) in [6, 6.07) is -36.0. The summed E-state index contributed by atoms with van der Waals surface area (Å²) in [4.78, 5) is 0. The van der Waals surface area contributed by atoms with Crippen LogP contribution in [0.2, 0.25) is 0 Å². The maximum atomic E-state index is 10.3. The van der Waals surface area contributed by atoms with E-state index in [0.29, 0.717) is 0 Å². The van der Waals surface area contributed by atoms with E-state index < -0.39 is 304 Å². The summed E-state index contributed by atoms with van der Waals surface area (Å²) in [5, 5.41) is -6.71. The summed E-state index contributed by atoms with van der Waals surface area (Å²) >= 11 is 0. The summed E-state index contributed by atoms with van der Waals surface area (Å²) in [7, 11) is 0. The normalized spacial score (nSPS) is 20.6. The van der Waals surface area contributed by atoms with Gasteiger partial charge in [0.1, 0.15) is 0 Å². The molecular weight excluding hydrogens is 625 g/mol. The highest BCUT2D eigenvalue weighted by Crippen LogP contribution is 2.46. The van der Waals surface area contributed by atoms with Crippen LogP contribution in [0.4, 0.5) is 0 Å². The molecule has 52 heavy (non-hydrogen) atoms. The Morgan fingerprint density at radius 1 is 0.231 bits per heavy atom. The van der Waals surface area contributed by atoms with Gasteiger partial charge in [-0.15, -0.1) is 0 Å². The second kappa shape index (κ2) is 12.5. The molecule has 10 rings (SSSR count). The number of hydrogen-bond donors (Lipinski definition) is 0. The predicted molar refractivity (Wildman–Crippen MR) is 224 cm³/mol. The van der Waals surface area contributed by atoms with Gasteiger partial charge >= 0.3 is 0 Å². The van der Waals surface area contributed by atoms with Gasteiger partial charge in [0, 0.05) is 0 Å². The van der Waals surface area contributed by atoms with Crippen LogP contribution in [-0.2, 0) is 0 Å². The Bertz CT molecular complexity index is 4840. The minimum absolute atomic E-state index is 0.694. The second-order valence-electron chi connectivity index (χ2n) is 11.0. The van der Waals surface area contributed by atoms with Gasteiger partial charge in [-0.05, 0) is 117 Å². The van der Waals surface area contributed by atoms with Crippen molar-refractivity contribution in [3.05, 3.63) is 205 Å². The Labute approximate surface area is 351 Å². The molecule has 0 bridgehead atoms. The zero-order valence-corrected chi connectivity index (χ0v) is 26.0. The molecule has 0 nitrogen and oxygen atoms in total. The summed E-state index contributed by atoms with van der Waals surface area (Å²) < 4.78 is 309. The summed E-state index contributed by atoms with van der Waals surface area (Å²) in [6.45, 7) is 0. The average molecular weight is 693 g/mol. The van der Waals surface area contributed by atoms with E-state index in [1.165, 1.54) is 0 Å². The van der Waals surface area contributed by atoms with Gasteiger partial charge in [0.15, 0.2) is 0 Å². The lowest BCUT2D eigenvalue weighted by atomic mass is 9.83. The molecular formula is C52H34. The van der Waals surface area contributed by atoms with Crippen molar-refractivity contribution in [2.45, 2.75) is 0 Å². The summed E-state index contributed by atoms with van der Waals surface area (Å²) in [5.74, 6) is 0. The lowest BCUT2D eigenvalue weighted by Crippen LogP contribution is -1.92. The Hall–Kier alpha value is -6.76. The predicted octanol–water partition coefficient (Wildman–Crippen LogP) is 14.6. The first kappa shape index (κ1) is 11.4. The fourth-order valence-corrected chi connectivity index (χ4v) is 5.78. The standard InChI is InChI=1S/C52H34/c1-2-12-35(13-3-1)37-24-26-38(27-25-37)41-18-10-19-43(32-41)51-47-21-8-9-22-48(47)52(44-29-28-36-14-4-5-16-40(36)33-44)50-34-42(30-31-49(50)51)46-23-11-17-39-15-6-7-20-45(39)46/h1-34H/i1D,2D,3D,4D,5D,6D,7D,8D,9D,10D,11D,12D,13D,14D,15D,16D,17D,18D,19D,20D,21D,22D,23D,24D,25D,26D,27D,28D,29D,30D,31D,32D,33D,34D. The largest absolute Gasteiger partial charge is 0.0636 e. The molecule has 0 saturated carbocycles. The highest BCUT2D eigenvalue weighted by Gasteiger charge is 2.19. The van der Waals surface area contributed by atoms with Crippen molar-refractivity contribution >= 4 is 43.1 Å². The Morgan fingerprint density at radius 2 is 0.712 bits per heavy atom. The third kappa shape index (κ3) is 5.16. The quantitative estimate of drug-likeness (QED) is 0.158. The fourth-order valence-electron chi connectivity index (χ4n) is 5.78. The minimum Gasteiger partial charge on any atom is -0.0622 e. The van der Waals surface area contributed by atoms with Crippen LogP contribution in [0.15, 0.2) is 205 Å². The van der Waals surface area contributed by atoms with Gasteiger partial charge in [-0.2, -0.15) is 0 Å². The van der Waals surface area contributed by atoms with Crippen molar-refractivity contribution in [1.29, 1.82) is 0 Å². The molecule has 0 aliphatic heterocycles. The van der Waals surface area contributed by atoms with E-state index in [9.17, 15) is 20.6 Å². The molecule has 0 heterocycles. The van der Waals surface area contributed by atoms with Gasteiger partial charge in [0.25, 0.3) is 0 Å². The van der Waals surface area contributed by atoms with E-state index in [1.807, 2.05) is 0 Å². The molecule has 0 saturated heterocycles. The highest BCUT2D eigenvalue weighted by molar-refractivity contribution is 6.22. The zero-order chi connectivity index (χ0) is 64.0. The van der Waals surface area contributed by atoms with Gasteiger partial charge in [0.2, 0.25) is 0 Å². The Kier molecular flexibility index (Phi) is 2.74. The molecule has 0 aromatic heterocycles. The maximum Gasteiger partial charge on any atom is 0.0636 e. The molecule has 0 radical (unpaired) electrons. The van der Waals surface area contributed by atoms with Crippen molar-refractivity contribution < 1.29 is 46.6 Å². The van der Waals surface area contributed by atoms with E-state index in [0.717, 1.165) is 0 Å². The molecule has 0 fully saturated rings. The van der Waals surface area contributed by atoms with Crippen LogP contribution in [0.5, 0.6) is 0 Å². The van der Waals surface area contributed by atoms with Gasteiger partial charge in [-0.1, -0.05) is 187 Å². The molecule has 0 N–H and O–H groups in total. The van der Waals surface area contributed by atoms with Crippen LogP contribution < -0.4 is 0 Å². The maximum absolute atomic E-state index is 10.3. The van der Waals surface area contributed by atoms with Crippen LogP contribution in [0, 0.1) is 0 Å². The molecule has 10 aromatic carbocycles. The average Bonchev–Trinajstić information content (AvgIpc) is 0.694. The van der Waals surface area contributed by atoms with Crippen LogP contribution in [0.3, 0.4) is 0 Å². The highest BCUT2D eigenvalue weighted by atomic mass is 14.2. The SMILES string of the molecule is [2H]c1c([2H])c([2H])c(-c2c([2H])c([2H])c(-c3c([2H])c([2H])c([2H])c(-c4c5c([2H])c([2H])c([2H])c([2H])c5c(-c5c([2H])c([2H])c6c([2H])c([2H])c([2H])c([2H])c6c5[2H])c5c([2H])c(-c6c([2H])c([2H])c([2H])c7c([2H])c([2H])c([2H])c([2H])c67)c([2H])c([2H])c45)c3[2H])c([2H])c2[2H])c([2H])c1[2H]. The Morgan fingerprint density at radius 3 is 1.50 bits per heavy atom. The molecule has 0 unspecified atom stereocenters. The summed E-state index contributed by atoms with van der Waals surface area (Å²) in [5.41, 5.74) is -9.42. The first-order valence-electron chi connectivity index (χ1n) is 32.2. The number of hydrogen-bond acceptors (Lipinski definition) is 0.